The summed E-state index contributed by atoms with van der Waals surface area (Å²) in [5.74, 6) is 0.0192. The van der Waals surface area contributed by atoms with Crippen molar-refractivity contribution in [3.63, 3.8) is 0 Å². The van der Waals surface area contributed by atoms with Crippen molar-refractivity contribution >= 4 is 17.3 Å². The number of anilines is 2. The molecule has 3 heteroatoms. The summed E-state index contributed by atoms with van der Waals surface area (Å²) in [5.41, 5.74) is 4.81. The van der Waals surface area contributed by atoms with Crippen LogP contribution in [0.2, 0.25) is 0 Å². The molecule has 0 spiro atoms. The van der Waals surface area contributed by atoms with Crippen molar-refractivity contribution in [2.24, 2.45) is 0 Å². The Bertz CT molecular complexity index is 632. The third kappa shape index (κ3) is 3.24. The lowest BCUT2D eigenvalue weighted by Gasteiger charge is -2.22. The molecule has 0 atom stereocenters. The van der Waals surface area contributed by atoms with E-state index in [1.54, 1.807) is 4.90 Å². The molecule has 0 radical (unpaired) electrons. The first-order chi connectivity index (χ1) is 10.1. The normalized spacial score (nSPS) is 10.3. The summed E-state index contributed by atoms with van der Waals surface area (Å²) in [6.45, 7) is 6.69. The minimum absolute atomic E-state index is 0.0192. The Kier molecular flexibility index (Phi) is 4.63. The van der Waals surface area contributed by atoms with Gasteiger partial charge in [-0.15, -0.1) is 0 Å². The molecular weight excluding hydrogens is 260 g/mol. The number of nitrogens with zero attached hydrogens (tertiary/aromatic N) is 1. The molecule has 0 saturated heterocycles. The zero-order valence-electron chi connectivity index (χ0n) is 13.1. The number of rotatable bonds is 4. The number of carbonyl (C=O) groups is 1. The lowest BCUT2D eigenvalue weighted by Crippen LogP contribution is -2.31. The standard InChI is InChI=1S/C18H22N2O/c1-5-20(15-9-6-13(2)7-10-15)18(21)16-11-8-14(3)12-17(16)19-4/h6-12,19H,5H2,1-4H3. The fourth-order valence-corrected chi connectivity index (χ4v) is 2.36. The minimum atomic E-state index is 0.0192. The largest absolute Gasteiger partial charge is 0.387 e. The monoisotopic (exact) mass is 282 g/mol. The van der Waals surface area contributed by atoms with Crippen LogP contribution in [0, 0.1) is 13.8 Å². The molecular formula is C18H22N2O. The number of benzene rings is 2. The Morgan fingerprint density at radius 1 is 1.05 bits per heavy atom. The van der Waals surface area contributed by atoms with E-state index in [-0.39, 0.29) is 5.91 Å². The van der Waals surface area contributed by atoms with Gasteiger partial charge in [-0.3, -0.25) is 4.79 Å². The van der Waals surface area contributed by atoms with Crippen LogP contribution >= 0.6 is 0 Å². The van der Waals surface area contributed by atoms with Crippen LogP contribution in [0.3, 0.4) is 0 Å². The van der Waals surface area contributed by atoms with E-state index in [2.05, 4.69) is 5.32 Å². The van der Waals surface area contributed by atoms with Crippen molar-refractivity contribution in [1.82, 2.24) is 0 Å². The molecule has 2 aromatic carbocycles. The van der Waals surface area contributed by atoms with Gasteiger partial charge in [0.1, 0.15) is 0 Å². The quantitative estimate of drug-likeness (QED) is 0.919. The van der Waals surface area contributed by atoms with Crippen LogP contribution in [0.4, 0.5) is 11.4 Å². The summed E-state index contributed by atoms with van der Waals surface area (Å²) in [6, 6.07) is 13.9. The van der Waals surface area contributed by atoms with Gasteiger partial charge in [-0.2, -0.15) is 0 Å². The van der Waals surface area contributed by atoms with Gasteiger partial charge in [0.25, 0.3) is 5.91 Å². The third-order valence-electron chi connectivity index (χ3n) is 3.58. The van der Waals surface area contributed by atoms with Gasteiger partial charge < -0.3 is 10.2 Å². The molecule has 0 saturated carbocycles. The van der Waals surface area contributed by atoms with Gasteiger partial charge in [-0.05, 0) is 50.6 Å². The molecule has 110 valence electrons. The van der Waals surface area contributed by atoms with Crippen LogP contribution in [0.1, 0.15) is 28.4 Å². The minimum Gasteiger partial charge on any atom is -0.387 e. The number of carbonyl (C=O) groups excluding carboxylic acids is 1. The SMILES string of the molecule is CCN(C(=O)c1ccc(C)cc1NC)c1ccc(C)cc1. The number of hydrogen-bond acceptors (Lipinski definition) is 2. The highest BCUT2D eigenvalue weighted by Gasteiger charge is 2.18. The number of hydrogen-bond donors (Lipinski definition) is 1. The molecule has 0 aliphatic carbocycles. The summed E-state index contributed by atoms with van der Waals surface area (Å²) in [6.07, 6.45) is 0. The van der Waals surface area contributed by atoms with Crippen molar-refractivity contribution in [2.75, 3.05) is 23.8 Å². The predicted molar refractivity (Wildman–Crippen MR) is 89.3 cm³/mol. The molecule has 2 aromatic rings. The number of aryl methyl sites for hydroxylation is 2. The van der Waals surface area contributed by atoms with Gasteiger partial charge in [-0.1, -0.05) is 23.8 Å². The molecule has 1 amide bonds. The summed E-state index contributed by atoms with van der Waals surface area (Å²) in [7, 11) is 1.84. The molecule has 21 heavy (non-hydrogen) atoms. The topological polar surface area (TPSA) is 32.3 Å². The second-order valence-corrected chi connectivity index (χ2v) is 5.18. The van der Waals surface area contributed by atoms with Crippen LogP contribution in [-0.4, -0.2) is 19.5 Å². The van der Waals surface area contributed by atoms with E-state index in [0.29, 0.717) is 12.1 Å². The first-order valence-electron chi connectivity index (χ1n) is 7.23. The van der Waals surface area contributed by atoms with Crippen molar-refractivity contribution in [3.8, 4) is 0 Å². The highest BCUT2D eigenvalue weighted by atomic mass is 16.2. The lowest BCUT2D eigenvalue weighted by atomic mass is 10.1. The highest BCUT2D eigenvalue weighted by molar-refractivity contribution is 6.09. The van der Waals surface area contributed by atoms with E-state index in [9.17, 15) is 4.79 Å². The summed E-state index contributed by atoms with van der Waals surface area (Å²) >= 11 is 0. The average molecular weight is 282 g/mol. The van der Waals surface area contributed by atoms with E-state index in [1.807, 2.05) is 70.3 Å². The first-order valence-corrected chi connectivity index (χ1v) is 7.23. The van der Waals surface area contributed by atoms with Gasteiger partial charge in [0.15, 0.2) is 0 Å². The molecule has 0 heterocycles. The molecule has 0 aromatic heterocycles. The van der Waals surface area contributed by atoms with Gasteiger partial charge in [0, 0.05) is 25.0 Å². The Balaban J connectivity index is 2.39. The third-order valence-corrected chi connectivity index (χ3v) is 3.58. The molecule has 0 fully saturated rings. The Labute approximate surface area is 126 Å². The second kappa shape index (κ2) is 6.44. The molecule has 0 aliphatic heterocycles. The fourth-order valence-electron chi connectivity index (χ4n) is 2.36. The van der Waals surface area contributed by atoms with Crippen molar-refractivity contribution < 1.29 is 4.79 Å². The predicted octanol–water partition coefficient (Wildman–Crippen LogP) is 4.01. The van der Waals surface area contributed by atoms with Crippen LogP contribution in [-0.2, 0) is 0 Å². The summed E-state index contributed by atoms with van der Waals surface area (Å²) in [4.78, 5) is 14.6. The van der Waals surface area contributed by atoms with Crippen LogP contribution in [0.15, 0.2) is 42.5 Å². The lowest BCUT2D eigenvalue weighted by molar-refractivity contribution is 0.0989. The zero-order chi connectivity index (χ0) is 15.4. The van der Waals surface area contributed by atoms with Gasteiger partial charge >= 0.3 is 0 Å². The van der Waals surface area contributed by atoms with Crippen LogP contribution in [0.25, 0.3) is 0 Å². The average Bonchev–Trinajstić information content (AvgIpc) is 2.49. The summed E-state index contributed by atoms with van der Waals surface area (Å²) < 4.78 is 0. The Hall–Kier alpha value is -2.29. The zero-order valence-corrected chi connectivity index (χ0v) is 13.1. The van der Waals surface area contributed by atoms with E-state index in [0.717, 1.165) is 16.9 Å². The molecule has 0 unspecified atom stereocenters. The van der Waals surface area contributed by atoms with Gasteiger partial charge in [-0.25, -0.2) is 0 Å². The van der Waals surface area contributed by atoms with Gasteiger partial charge in [0.2, 0.25) is 0 Å². The van der Waals surface area contributed by atoms with Crippen molar-refractivity contribution in [3.05, 3.63) is 59.2 Å². The fraction of sp³-hybridized carbons (Fsp3) is 0.278. The maximum atomic E-state index is 12.8. The molecule has 3 nitrogen and oxygen atoms in total. The van der Waals surface area contributed by atoms with Crippen LogP contribution < -0.4 is 10.2 Å². The first kappa shape index (κ1) is 15.1. The molecule has 1 N–H and O–H groups in total. The van der Waals surface area contributed by atoms with E-state index < -0.39 is 0 Å². The van der Waals surface area contributed by atoms with Gasteiger partial charge in [0.05, 0.1) is 5.56 Å². The van der Waals surface area contributed by atoms with E-state index >= 15 is 0 Å². The van der Waals surface area contributed by atoms with Crippen molar-refractivity contribution in [2.45, 2.75) is 20.8 Å². The molecule has 2 rings (SSSR count). The maximum Gasteiger partial charge on any atom is 0.260 e. The highest BCUT2D eigenvalue weighted by Crippen LogP contribution is 2.23. The smallest absolute Gasteiger partial charge is 0.260 e. The summed E-state index contributed by atoms with van der Waals surface area (Å²) in [5, 5.41) is 3.11. The Morgan fingerprint density at radius 3 is 2.24 bits per heavy atom. The van der Waals surface area contributed by atoms with E-state index in [1.165, 1.54) is 5.56 Å². The molecule has 0 aliphatic rings. The number of nitrogens with one attached hydrogen (secondary N) is 1. The van der Waals surface area contributed by atoms with Crippen LogP contribution in [0.5, 0.6) is 0 Å². The van der Waals surface area contributed by atoms with Crippen molar-refractivity contribution in [1.29, 1.82) is 0 Å². The Morgan fingerprint density at radius 2 is 1.67 bits per heavy atom. The van der Waals surface area contributed by atoms with E-state index in [4.69, 9.17) is 0 Å². The second-order valence-electron chi connectivity index (χ2n) is 5.18. The molecule has 0 bridgehead atoms. The number of amides is 1. The maximum absolute atomic E-state index is 12.8.